The highest BCUT2D eigenvalue weighted by Gasteiger charge is 2.35. The van der Waals surface area contributed by atoms with Crippen molar-refractivity contribution in [1.82, 2.24) is 20.2 Å². The smallest absolute Gasteiger partial charge is 0.410 e. The zero-order valence-electron chi connectivity index (χ0n) is 15.2. The van der Waals surface area contributed by atoms with Gasteiger partial charge in [-0.3, -0.25) is 4.79 Å². The molecule has 1 aliphatic heterocycles. The Hall–Kier alpha value is -1.80. The van der Waals surface area contributed by atoms with E-state index in [1.54, 1.807) is 18.9 Å². The molecule has 0 spiro atoms. The molecule has 9 heteroatoms. The number of aryl methyl sites for hydroxylation is 1. The maximum Gasteiger partial charge on any atom is 0.410 e. The molecule has 1 aliphatic rings. The van der Waals surface area contributed by atoms with Crippen LogP contribution in [0.4, 0.5) is 4.79 Å². The molecule has 2 atom stereocenters. The Balaban J connectivity index is 1.97. The number of likely N-dealkylation sites (tertiary alicyclic amines) is 1. The highest BCUT2D eigenvalue weighted by molar-refractivity contribution is 6.30. The molecular formula is C16H25ClN4O4. The van der Waals surface area contributed by atoms with Crippen molar-refractivity contribution in [2.75, 3.05) is 20.2 Å². The molecule has 0 radical (unpaired) electrons. The molecule has 0 aromatic carbocycles. The number of aromatic amines is 1. The van der Waals surface area contributed by atoms with Crippen molar-refractivity contribution in [3.63, 3.8) is 0 Å². The number of rotatable bonds is 3. The highest BCUT2D eigenvalue weighted by atomic mass is 35.5. The second-order valence-corrected chi connectivity index (χ2v) is 7.43. The van der Waals surface area contributed by atoms with E-state index < -0.39 is 5.60 Å². The average Bonchev–Trinajstić information content (AvgIpc) is 2.85. The molecule has 8 nitrogen and oxygen atoms in total. The highest BCUT2D eigenvalue weighted by Crippen LogP contribution is 2.18. The summed E-state index contributed by atoms with van der Waals surface area (Å²) in [7, 11) is 1.55. The molecule has 1 saturated heterocycles. The van der Waals surface area contributed by atoms with Crippen LogP contribution in [-0.4, -0.2) is 64.8 Å². The van der Waals surface area contributed by atoms with E-state index in [9.17, 15) is 9.59 Å². The van der Waals surface area contributed by atoms with Gasteiger partial charge >= 0.3 is 6.09 Å². The van der Waals surface area contributed by atoms with Crippen LogP contribution < -0.4 is 5.32 Å². The van der Waals surface area contributed by atoms with E-state index in [4.69, 9.17) is 21.1 Å². The molecule has 0 saturated carbocycles. The average molecular weight is 373 g/mol. The molecule has 2 N–H and O–H groups in total. The van der Waals surface area contributed by atoms with Crippen molar-refractivity contribution < 1.29 is 19.1 Å². The second-order valence-electron chi connectivity index (χ2n) is 7.07. The van der Waals surface area contributed by atoms with Crippen molar-refractivity contribution in [3.8, 4) is 0 Å². The lowest BCUT2D eigenvalue weighted by Crippen LogP contribution is -2.56. The number of halogens is 1. The van der Waals surface area contributed by atoms with E-state index in [1.807, 2.05) is 20.8 Å². The number of nitrogens with one attached hydrogen (secondary N) is 2. The molecule has 25 heavy (non-hydrogen) atoms. The van der Waals surface area contributed by atoms with Gasteiger partial charge in [0.25, 0.3) is 5.91 Å². The number of ether oxygens (including phenoxy) is 2. The topological polar surface area (TPSA) is 96.6 Å². The second kappa shape index (κ2) is 7.61. The number of carbonyl (C=O) groups excluding carboxylic acids is 2. The largest absolute Gasteiger partial charge is 0.444 e. The van der Waals surface area contributed by atoms with E-state index in [0.29, 0.717) is 25.2 Å². The lowest BCUT2D eigenvalue weighted by atomic mass is 10.0. The van der Waals surface area contributed by atoms with Gasteiger partial charge in [0.05, 0.1) is 24.4 Å². The Morgan fingerprint density at radius 3 is 2.60 bits per heavy atom. The first kappa shape index (κ1) is 19.5. The number of carbonyl (C=O) groups is 2. The van der Waals surface area contributed by atoms with Crippen LogP contribution in [-0.2, 0) is 9.47 Å². The maximum absolute atomic E-state index is 12.3. The van der Waals surface area contributed by atoms with Crippen LogP contribution in [0.25, 0.3) is 0 Å². The first-order chi connectivity index (χ1) is 11.6. The fourth-order valence-corrected chi connectivity index (χ4v) is 2.73. The molecule has 0 bridgehead atoms. The van der Waals surface area contributed by atoms with Crippen LogP contribution in [0.15, 0.2) is 0 Å². The van der Waals surface area contributed by atoms with E-state index in [0.717, 1.165) is 0 Å². The predicted octanol–water partition coefficient (Wildman–Crippen LogP) is 2.13. The normalized spacial score (nSPS) is 21.1. The van der Waals surface area contributed by atoms with Gasteiger partial charge in [0.2, 0.25) is 0 Å². The van der Waals surface area contributed by atoms with E-state index >= 15 is 0 Å². The molecule has 2 amide bonds. The summed E-state index contributed by atoms with van der Waals surface area (Å²) in [6.45, 7) is 8.02. The molecule has 0 unspecified atom stereocenters. The third kappa shape index (κ3) is 5.09. The predicted molar refractivity (Wildman–Crippen MR) is 92.8 cm³/mol. The summed E-state index contributed by atoms with van der Waals surface area (Å²) in [5.41, 5.74) is 0.0797. The zero-order chi connectivity index (χ0) is 18.8. The van der Waals surface area contributed by atoms with Gasteiger partial charge in [0.1, 0.15) is 5.60 Å². The number of hydrogen-bond donors (Lipinski definition) is 2. The number of nitrogens with zero attached hydrogens (tertiary/aromatic N) is 2. The van der Waals surface area contributed by atoms with Crippen LogP contribution in [0.5, 0.6) is 0 Å². The van der Waals surface area contributed by atoms with E-state index in [2.05, 4.69) is 15.3 Å². The molecule has 140 valence electrons. The molecule has 1 aromatic heterocycles. The molecular weight excluding hydrogens is 348 g/mol. The number of piperidine rings is 1. The maximum atomic E-state index is 12.3. The Morgan fingerprint density at radius 1 is 1.40 bits per heavy atom. The molecule has 0 aliphatic carbocycles. The number of aromatic nitrogens is 2. The number of H-pyrrole nitrogens is 1. The van der Waals surface area contributed by atoms with E-state index in [-0.39, 0.29) is 35.1 Å². The van der Waals surface area contributed by atoms with Gasteiger partial charge in [0.15, 0.2) is 11.0 Å². The van der Waals surface area contributed by atoms with Gasteiger partial charge in [-0.05, 0) is 34.1 Å². The quantitative estimate of drug-likeness (QED) is 0.847. The Morgan fingerprint density at radius 2 is 2.08 bits per heavy atom. The number of amides is 2. The Labute approximate surface area is 152 Å². The summed E-state index contributed by atoms with van der Waals surface area (Å²) in [4.78, 5) is 32.9. The fourth-order valence-electron chi connectivity index (χ4n) is 2.60. The van der Waals surface area contributed by atoms with Gasteiger partial charge in [-0.2, -0.15) is 0 Å². The van der Waals surface area contributed by atoms with Gasteiger partial charge < -0.3 is 24.7 Å². The molecule has 1 fully saturated rings. The minimum atomic E-state index is -0.554. The van der Waals surface area contributed by atoms with Crippen molar-refractivity contribution >= 4 is 23.6 Å². The third-order valence-corrected chi connectivity index (χ3v) is 4.24. The lowest BCUT2D eigenvalue weighted by molar-refractivity contribution is -0.0172. The monoisotopic (exact) mass is 372 g/mol. The molecule has 2 rings (SSSR count). The summed E-state index contributed by atoms with van der Waals surface area (Å²) in [6, 6.07) is -0.236. The lowest BCUT2D eigenvalue weighted by Gasteiger charge is -2.38. The van der Waals surface area contributed by atoms with Gasteiger partial charge in [0, 0.05) is 13.7 Å². The van der Waals surface area contributed by atoms with Crippen LogP contribution in [0.3, 0.4) is 0 Å². The van der Waals surface area contributed by atoms with Crippen LogP contribution in [0, 0.1) is 6.92 Å². The number of imidazole rings is 1. The Kier molecular flexibility index (Phi) is 5.95. The minimum absolute atomic E-state index is 0.159. The summed E-state index contributed by atoms with van der Waals surface area (Å²) in [6.07, 6.45) is -0.166. The van der Waals surface area contributed by atoms with Crippen molar-refractivity contribution in [1.29, 1.82) is 0 Å². The first-order valence-corrected chi connectivity index (χ1v) is 8.52. The summed E-state index contributed by atoms with van der Waals surface area (Å²) < 4.78 is 10.8. The minimum Gasteiger partial charge on any atom is -0.444 e. The molecule has 2 heterocycles. The summed E-state index contributed by atoms with van der Waals surface area (Å²) in [5.74, 6) is -0.195. The van der Waals surface area contributed by atoms with Crippen LogP contribution in [0.2, 0.25) is 5.15 Å². The number of hydrogen-bond acceptors (Lipinski definition) is 5. The fraction of sp³-hybridized carbons (Fsp3) is 0.688. The van der Waals surface area contributed by atoms with Crippen molar-refractivity contribution in [2.24, 2.45) is 0 Å². The summed E-state index contributed by atoms with van der Waals surface area (Å²) >= 11 is 5.87. The van der Waals surface area contributed by atoms with Gasteiger partial charge in [-0.15, -0.1) is 0 Å². The number of methoxy groups -OCH3 is 1. The van der Waals surface area contributed by atoms with Gasteiger partial charge in [-0.25, -0.2) is 9.78 Å². The third-order valence-electron chi connectivity index (χ3n) is 3.87. The first-order valence-electron chi connectivity index (χ1n) is 8.14. The van der Waals surface area contributed by atoms with Crippen molar-refractivity contribution in [2.45, 2.75) is 51.9 Å². The summed E-state index contributed by atoms with van der Waals surface area (Å²) in [5, 5.41) is 3.16. The van der Waals surface area contributed by atoms with Crippen LogP contribution in [0.1, 0.15) is 43.5 Å². The van der Waals surface area contributed by atoms with Crippen molar-refractivity contribution in [3.05, 3.63) is 16.7 Å². The SMILES string of the molecule is CO[C@H]1CN(C(=O)OC(C)(C)C)CC[C@H]1NC(=O)c1nc(Cl)c(C)[nH]1. The molecule has 1 aromatic rings. The van der Waals surface area contributed by atoms with Gasteiger partial charge in [-0.1, -0.05) is 11.6 Å². The van der Waals surface area contributed by atoms with Crippen LogP contribution >= 0.6 is 11.6 Å². The standard InChI is InChI=1S/C16H25ClN4O4/c1-9-12(17)20-13(18-9)14(22)19-10-6-7-21(8-11(10)24-5)15(23)25-16(2,3)4/h10-11H,6-8H2,1-5H3,(H,18,20)(H,19,22)/t10-,11+/m1/s1. The Bertz CT molecular complexity index is 621. The van der Waals surface area contributed by atoms with E-state index in [1.165, 1.54) is 0 Å². The zero-order valence-corrected chi connectivity index (χ0v) is 15.9.